The number of furan rings is 1. The molecule has 0 aliphatic carbocycles. The minimum atomic E-state index is -0.158. The third kappa shape index (κ3) is 6.62. The highest BCUT2D eigenvalue weighted by Gasteiger charge is 2.17. The van der Waals surface area contributed by atoms with Gasteiger partial charge < -0.3 is 25.3 Å². The van der Waals surface area contributed by atoms with E-state index in [2.05, 4.69) is 32.0 Å². The fourth-order valence-electron chi connectivity index (χ4n) is 4.30. The van der Waals surface area contributed by atoms with E-state index >= 15 is 0 Å². The van der Waals surface area contributed by atoms with Crippen molar-refractivity contribution in [1.29, 1.82) is 0 Å². The molecule has 0 atom stereocenters. The molecule has 0 saturated heterocycles. The summed E-state index contributed by atoms with van der Waals surface area (Å²) in [6, 6.07) is 11.7. The average molecular weight is 527 g/mol. The van der Waals surface area contributed by atoms with Gasteiger partial charge in [-0.25, -0.2) is 4.98 Å². The molecule has 0 unspecified atom stereocenters. The van der Waals surface area contributed by atoms with Crippen LogP contribution in [0.1, 0.15) is 42.7 Å². The molecule has 0 saturated carbocycles. The van der Waals surface area contributed by atoms with E-state index in [0.29, 0.717) is 31.9 Å². The van der Waals surface area contributed by atoms with Gasteiger partial charge >= 0.3 is 0 Å². The number of carbonyl (C=O) groups is 2. The van der Waals surface area contributed by atoms with E-state index in [9.17, 15) is 9.59 Å². The van der Waals surface area contributed by atoms with Crippen molar-refractivity contribution >= 4 is 46.1 Å². The van der Waals surface area contributed by atoms with Crippen LogP contribution in [0, 0.1) is 6.92 Å². The van der Waals surface area contributed by atoms with Crippen LogP contribution in [0.4, 0.5) is 17.2 Å². The number of carbonyl (C=O) groups excluding carboxylic acids is 2. The van der Waals surface area contributed by atoms with E-state index in [1.54, 1.807) is 36.6 Å². The van der Waals surface area contributed by atoms with Crippen molar-refractivity contribution < 1.29 is 14.0 Å². The Kier molecular flexibility index (Phi) is 8.94. The number of hydrogen-bond donors (Lipinski definition) is 3. The summed E-state index contributed by atoms with van der Waals surface area (Å²) in [5.41, 5.74) is 5.37. The van der Waals surface area contributed by atoms with E-state index in [4.69, 9.17) is 4.42 Å². The first-order chi connectivity index (χ1) is 19.0. The maximum absolute atomic E-state index is 12.8. The first-order valence-corrected chi connectivity index (χ1v) is 13.1. The highest BCUT2D eigenvalue weighted by Crippen LogP contribution is 2.30. The fraction of sp³-hybridized carbons (Fsp3) is 0.267. The Morgan fingerprint density at radius 1 is 1.21 bits per heavy atom. The second kappa shape index (κ2) is 12.7. The molecule has 4 heterocycles. The maximum Gasteiger partial charge on any atom is 0.246 e. The van der Waals surface area contributed by atoms with Crippen molar-refractivity contribution in [3.05, 3.63) is 83.5 Å². The summed E-state index contributed by atoms with van der Waals surface area (Å²) in [6.45, 7) is 7.53. The zero-order valence-corrected chi connectivity index (χ0v) is 22.7. The number of aromatic nitrogens is 2. The van der Waals surface area contributed by atoms with Gasteiger partial charge in [-0.3, -0.25) is 14.6 Å². The predicted octanol–water partition coefficient (Wildman–Crippen LogP) is 5.60. The standard InChI is InChI=1S/C28H28N6O3.C2H6/c1-18-24(37-23-7-3-5-20(27(18)23)15-31-21-6-4-11-29-16-21)17-34(2)26(36)9-8-19-13-22-28(32-14-19)33-25(35)10-12-30-22;1-2/h3-9,11,13-14,16,30-31H,10,12,15,17H2,1-2H3,(H,32,33,35);1-2H3/b9-8+;. The lowest BCUT2D eigenvalue weighted by atomic mass is 10.1. The monoisotopic (exact) mass is 526 g/mol. The first-order valence-electron chi connectivity index (χ1n) is 13.1. The second-order valence-electron chi connectivity index (χ2n) is 8.95. The van der Waals surface area contributed by atoms with Gasteiger partial charge in [0.2, 0.25) is 11.8 Å². The molecule has 202 valence electrons. The molecule has 39 heavy (non-hydrogen) atoms. The van der Waals surface area contributed by atoms with E-state index in [-0.39, 0.29) is 11.8 Å². The molecule has 3 N–H and O–H groups in total. The Morgan fingerprint density at radius 2 is 2.05 bits per heavy atom. The fourth-order valence-corrected chi connectivity index (χ4v) is 4.30. The van der Waals surface area contributed by atoms with Crippen LogP contribution in [0.25, 0.3) is 17.0 Å². The summed E-state index contributed by atoms with van der Waals surface area (Å²) in [5, 5.41) is 10.4. The average Bonchev–Trinajstić information content (AvgIpc) is 3.15. The number of fused-ring (bicyclic) bond motifs is 2. The molecule has 0 fully saturated rings. The van der Waals surface area contributed by atoms with Crippen LogP contribution < -0.4 is 16.0 Å². The van der Waals surface area contributed by atoms with Crippen molar-refractivity contribution in [2.45, 2.75) is 40.3 Å². The van der Waals surface area contributed by atoms with E-state index in [1.165, 1.54) is 6.08 Å². The largest absolute Gasteiger partial charge is 0.459 e. The summed E-state index contributed by atoms with van der Waals surface area (Å²) < 4.78 is 6.15. The van der Waals surface area contributed by atoms with Gasteiger partial charge in [-0.15, -0.1) is 0 Å². The molecule has 3 aromatic heterocycles. The van der Waals surface area contributed by atoms with Crippen LogP contribution in [0.5, 0.6) is 0 Å². The highest BCUT2D eigenvalue weighted by molar-refractivity contribution is 5.95. The molecule has 2 amide bonds. The Labute approximate surface area is 228 Å². The van der Waals surface area contributed by atoms with Gasteiger partial charge in [0.1, 0.15) is 11.3 Å². The van der Waals surface area contributed by atoms with Crippen LogP contribution in [-0.4, -0.2) is 40.3 Å². The predicted molar refractivity (Wildman–Crippen MR) is 155 cm³/mol. The number of likely N-dealkylation sites (N-methyl/N-ethyl adjacent to an activating group) is 1. The van der Waals surface area contributed by atoms with Gasteiger partial charge in [-0.05, 0) is 48.4 Å². The van der Waals surface area contributed by atoms with Gasteiger partial charge in [-0.2, -0.15) is 0 Å². The van der Waals surface area contributed by atoms with Crippen LogP contribution in [0.3, 0.4) is 0 Å². The lowest BCUT2D eigenvalue weighted by Gasteiger charge is -2.14. The van der Waals surface area contributed by atoms with Gasteiger partial charge in [0.15, 0.2) is 5.82 Å². The molecule has 1 aliphatic heterocycles. The Hall–Kier alpha value is -4.66. The first kappa shape index (κ1) is 27.4. The molecule has 9 nitrogen and oxygen atoms in total. The summed E-state index contributed by atoms with van der Waals surface area (Å²) in [6.07, 6.45) is 8.77. The number of nitrogens with zero attached hydrogens (tertiary/aromatic N) is 3. The van der Waals surface area contributed by atoms with Crippen molar-refractivity contribution in [1.82, 2.24) is 14.9 Å². The third-order valence-electron chi connectivity index (χ3n) is 6.29. The van der Waals surface area contributed by atoms with E-state index in [1.807, 2.05) is 51.1 Å². The van der Waals surface area contributed by atoms with Gasteiger partial charge in [0, 0.05) is 62.2 Å². The minimum absolute atomic E-state index is 0.0726. The molecular formula is C30H34N6O3. The molecule has 1 aliphatic rings. The molecule has 9 heteroatoms. The highest BCUT2D eigenvalue weighted by atomic mass is 16.3. The molecule has 1 aromatic carbocycles. The number of hydrogen-bond acceptors (Lipinski definition) is 7. The lowest BCUT2D eigenvalue weighted by molar-refractivity contribution is -0.125. The number of aryl methyl sites for hydroxylation is 1. The van der Waals surface area contributed by atoms with Crippen LogP contribution >= 0.6 is 0 Å². The zero-order chi connectivity index (χ0) is 27.8. The Bertz CT molecular complexity index is 1480. The number of nitrogens with one attached hydrogen (secondary N) is 3. The van der Waals surface area contributed by atoms with Crippen LogP contribution in [0.15, 0.2) is 65.5 Å². The second-order valence-corrected chi connectivity index (χ2v) is 8.95. The van der Waals surface area contributed by atoms with Crippen molar-refractivity contribution in [2.24, 2.45) is 0 Å². The topological polar surface area (TPSA) is 112 Å². The summed E-state index contributed by atoms with van der Waals surface area (Å²) in [7, 11) is 1.75. The number of benzene rings is 1. The van der Waals surface area contributed by atoms with E-state index < -0.39 is 0 Å². The SMILES string of the molecule is CC.Cc1c(CN(C)C(=O)/C=C/c2cnc3c(c2)NCCC(=O)N3)oc2cccc(CNc3cccnc3)c12. The van der Waals surface area contributed by atoms with Gasteiger partial charge in [-0.1, -0.05) is 26.0 Å². The Balaban J connectivity index is 0.00000172. The molecule has 5 rings (SSSR count). The van der Waals surface area contributed by atoms with Crippen molar-refractivity contribution in [3.63, 3.8) is 0 Å². The third-order valence-corrected chi connectivity index (χ3v) is 6.29. The summed E-state index contributed by atoms with van der Waals surface area (Å²) in [4.78, 5) is 34.6. The molecule has 0 radical (unpaired) electrons. The smallest absolute Gasteiger partial charge is 0.246 e. The number of rotatable bonds is 7. The molecule has 0 spiro atoms. The normalized spacial score (nSPS) is 12.6. The lowest BCUT2D eigenvalue weighted by Crippen LogP contribution is -2.24. The summed E-state index contributed by atoms with van der Waals surface area (Å²) in [5.74, 6) is 1.02. The zero-order valence-electron chi connectivity index (χ0n) is 22.7. The quantitative estimate of drug-likeness (QED) is 0.269. The molecule has 4 aromatic rings. The van der Waals surface area contributed by atoms with Gasteiger partial charge in [0.05, 0.1) is 17.9 Å². The summed E-state index contributed by atoms with van der Waals surface area (Å²) >= 11 is 0. The molecule has 0 bridgehead atoms. The van der Waals surface area contributed by atoms with E-state index in [0.717, 1.165) is 44.8 Å². The Morgan fingerprint density at radius 3 is 2.85 bits per heavy atom. The minimum Gasteiger partial charge on any atom is -0.459 e. The molecular weight excluding hydrogens is 492 g/mol. The maximum atomic E-state index is 12.8. The van der Waals surface area contributed by atoms with Crippen molar-refractivity contribution in [3.8, 4) is 0 Å². The van der Waals surface area contributed by atoms with Crippen LogP contribution in [0.2, 0.25) is 0 Å². The van der Waals surface area contributed by atoms with Crippen molar-refractivity contribution in [2.75, 3.05) is 29.5 Å². The number of pyridine rings is 2. The van der Waals surface area contributed by atoms with Crippen LogP contribution in [-0.2, 0) is 22.7 Å². The number of anilines is 3. The number of amides is 2. The van der Waals surface area contributed by atoms with Gasteiger partial charge in [0.25, 0.3) is 0 Å².